The zero-order chi connectivity index (χ0) is 19.8. The maximum Gasteiger partial charge on any atom is 0.353 e. The van der Waals surface area contributed by atoms with Crippen molar-refractivity contribution < 1.29 is 4.92 Å². The Bertz CT molecular complexity index is 728. The van der Waals surface area contributed by atoms with E-state index >= 15 is 0 Å². The molecule has 4 aliphatic carbocycles. The summed E-state index contributed by atoms with van der Waals surface area (Å²) in [6.07, 6.45) is 12.6. The summed E-state index contributed by atoms with van der Waals surface area (Å²) in [5.41, 5.74) is -0.0132. The van der Waals surface area contributed by atoms with Gasteiger partial charge in [0.2, 0.25) is 11.6 Å². The van der Waals surface area contributed by atoms with Crippen LogP contribution in [0.3, 0.4) is 0 Å². The van der Waals surface area contributed by atoms with Crippen molar-refractivity contribution in [3.05, 3.63) is 16.4 Å². The molecule has 1 aliphatic heterocycles. The van der Waals surface area contributed by atoms with Crippen LogP contribution < -0.4 is 10.6 Å². The van der Waals surface area contributed by atoms with E-state index in [-0.39, 0.29) is 16.1 Å². The molecular formula is C21H32N6O2. The highest BCUT2D eigenvalue weighted by molar-refractivity contribution is 5.70. The summed E-state index contributed by atoms with van der Waals surface area (Å²) in [5.74, 6) is 3.06. The van der Waals surface area contributed by atoms with Crippen molar-refractivity contribution >= 4 is 17.3 Å². The van der Waals surface area contributed by atoms with E-state index in [0.717, 1.165) is 56.7 Å². The van der Waals surface area contributed by atoms with Crippen LogP contribution in [0.25, 0.3) is 0 Å². The van der Waals surface area contributed by atoms with Gasteiger partial charge >= 0.3 is 5.69 Å². The Labute approximate surface area is 172 Å². The predicted molar refractivity (Wildman–Crippen MR) is 112 cm³/mol. The largest absolute Gasteiger partial charge is 0.363 e. The highest BCUT2D eigenvalue weighted by atomic mass is 16.6. The minimum atomic E-state index is -0.327. The van der Waals surface area contributed by atoms with E-state index in [9.17, 15) is 10.1 Å². The number of rotatable bonds is 7. The fourth-order valence-electron chi connectivity index (χ4n) is 6.80. The van der Waals surface area contributed by atoms with E-state index in [1.165, 1.54) is 44.9 Å². The quantitative estimate of drug-likeness (QED) is 0.532. The Morgan fingerprint density at radius 2 is 1.66 bits per heavy atom. The Hall–Kier alpha value is -1.96. The van der Waals surface area contributed by atoms with Crippen molar-refractivity contribution in [2.75, 3.05) is 36.8 Å². The lowest BCUT2D eigenvalue weighted by molar-refractivity contribution is -0.383. The number of anilines is 2. The van der Waals surface area contributed by atoms with Gasteiger partial charge in [-0.15, -0.1) is 0 Å². The molecule has 158 valence electrons. The van der Waals surface area contributed by atoms with Gasteiger partial charge in [0.1, 0.15) is 6.33 Å². The molecule has 0 unspecified atom stereocenters. The molecule has 0 amide bonds. The van der Waals surface area contributed by atoms with Crippen molar-refractivity contribution in [3.8, 4) is 0 Å². The Kier molecular flexibility index (Phi) is 5.05. The molecular weight excluding hydrogens is 368 g/mol. The fourth-order valence-corrected chi connectivity index (χ4v) is 6.80. The summed E-state index contributed by atoms with van der Waals surface area (Å²) in [4.78, 5) is 22.6. The van der Waals surface area contributed by atoms with Crippen LogP contribution in [0.5, 0.6) is 0 Å². The zero-order valence-electron chi connectivity index (χ0n) is 17.1. The monoisotopic (exact) mass is 400 g/mol. The van der Waals surface area contributed by atoms with Gasteiger partial charge in [0, 0.05) is 18.6 Å². The summed E-state index contributed by atoms with van der Waals surface area (Å²) in [5, 5.41) is 18.7. The molecule has 1 aromatic rings. The molecule has 0 aromatic carbocycles. The summed E-state index contributed by atoms with van der Waals surface area (Å²) >= 11 is 0. The van der Waals surface area contributed by atoms with Crippen LogP contribution in [0.15, 0.2) is 6.33 Å². The molecule has 0 atom stereocenters. The van der Waals surface area contributed by atoms with E-state index in [1.807, 2.05) is 0 Å². The average molecular weight is 401 g/mol. The first kappa shape index (κ1) is 19.0. The third-order valence-corrected chi connectivity index (χ3v) is 7.60. The molecule has 4 saturated carbocycles. The van der Waals surface area contributed by atoms with Crippen LogP contribution in [0.2, 0.25) is 0 Å². The second-order valence-corrected chi connectivity index (χ2v) is 9.83. The van der Waals surface area contributed by atoms with Crippen LogP contribution >= 0.6 is 0 Å². The number of aromatic nitrogens is 2. The molecule has 1 aromatic heterocycles. The highest BCUT2D eigenvalue weighted by Crippen LogP contribution is 2.56. The Balaban J connectivity index is 1.31. The summed E-state index contributed by atoms with van der Waals surface area (Å²) in [6, 6.07) is 0. The molecule has 2 N–H and O–H groups in total. The number of piperidine rings is 1. The molecule has 5 fully saturated rings. The molecule has 6 rings (SSSR count). The fraction of sp³-hybridized carbons (Fsp3) is 0.810. The van der Waals surface area contributed by atoms with E-state index in [0.29, 0.717) is 18.2 Å². The molecule has 8 nitrogen and oxygen atoms in total. The van der Waals surface area contributed by atoms with Gasteiger partial charge < -0.3 is 15.5 Å². The number of nitrogens with zero attached hydrogens (tertiary/aromatic N) is 4. The average Bonchev–Trinajstić information content (AvgIpc) is 2.67. The molecule has 5 aliphatic rings. The van der Waals surface area contributed by atoms with Gasteiger partial charge in [-0.3, -0.25) is 10.1 Å². The summed E-state index contributed by atoms with van der Waals surface area (Å²) in [6.45, 7) is 3.78. The van der Waals surface area contributed by atoms with Crippen molar-refractivity contribution in [1.82, 2.24) is 14.9 Å². The molecule has 4 bridgehead atoms. The standard InChI is InChI=1S/C21H32N6O2/c28-27(29)18-19(22-4-7-26-5-2-1-3-6-26)23-14-24-20(18)25-21-11-15-8-16(12-21)10-17(9-15)13-21/h14-17H,1-13H2,(H2,22,23,24,25). The maximum atomic E-state index is 11.9. The van der Waals surface area contributed by atoms with E-state index < -0.39 is 0 Å². The van der Waals surface area contributed by atoms with Gasteiger partial charge in [-0.2, -0.15) is 0 Å². The van der Waals surface area contributed by atoms with Crippen molar-refractivity contribution in [3.63, 3.8) is 0 Å². The van der Waals surface area contributed by atoms with Crippen LogP contribution in [-0.4, -0.2) is 51.5 Å². The third-order valence-electron chi connectivity index (χ3n) is 7.60. The number of nitrogens with one attached hydrogen (secondary N) is 2. The lowest BCUT2D eigenvalue weighted by atomic mass is 9.53. The van der Waals surface area contributed by atoms with E-state index in [1.54, 1.807) is 0 Å². The summed E-state index contributed by atoms with van der Waals surface area (Å²) in [7, 11) is 0. The van der Waals surface area contributed by atoms with E-state index in [2.05, 4.69) is 25.5 Å². The molecule has 2 heterocycles. The SMILES string of the molecule is O=[N+]([O-])c1c(NCCN2CCCCC2)ncnc1NC12CC3CC(CC(C3)C1)C2. The molecule has 29 heavy (non-hydrogen) atoms. The van der Waals surface area contributed by atoms with Gasteiger partial charge in [-0.1, -0.05) is 6.42 Å². The summed E-state index contributed by atoms with van der Waals surface area (Å²) < 4.78 is 0. The molecule has 1 saturated heterocycles. The minimum absolute atomic E-state index is 0.00175. The van der Waals surface area contributed by atoms with Crippen LogP contribution in [0, 0.1) is 27.9 Å². The molecule has 0 spiro atoms. The number of nitro groups is 1. The van der Waals surface area contributed by atoms with Crippen LogP contribution in [0.1, 0.15) is 57.8 Å². The van der Waals surface area contributed by atoms with Crippen LogP contribution in [0.4, 0.5) is 17.3 Å². The number of likely N-dealkylation sites (tertiary alicyclic amines) is 1. The normalized spacial score (nSPS) is 33.6. The second kappa shape index (κ2) is 7.70. The third kappa shape index (κ3) is 3.91. The van der Waals surface area contributed by atoms with Crippen molar-refractivity contribution in [2.45, 2.75) is 63.3 Å². The Morgan fingerprint density at radius 3 is 2.28 bits per heavy atom. The van der Waals surface area contributed by atoms with E-state index in [4.69, 9.17) is 0 Å². The first-order valence-corrected chi connectivity index (χ1v) is 11.3. The highest BCUT2D eigenvalue weighted by Gasteiger charge is 2.51. The van der Waals surface area contributed by atoms with Gasteiger partial charge in [0.05, 0.1) is 4.92 Å². The van der Waals surface area contributed by atoms with Gasteiger partial charge in [-0.05, 0) is 82.2 Å². The Morgan fingerprint density at radius 1 is 1.03 bits per heavy atom. The first-order valence-electron chi connectivity index (χ1n) is 11.3. The predicted octanol–water partition coefficient (Wildman–Crippen LogP) is 3.66. The second-order valence-electron chi connectivity index (χ2n) is 9.83. The zero-order valence-corrected chi connectivity index (χ0v) is 17.1. The first-order chi connectivity index (χ1) is 14.1. The lowest BCUT2D eigenvalue weighted by Crippen LogP contribution is -2.55. The number of hydrogen-bond donors (Lipinski definition) is 2. The van der Waals surface area contributed by atoms with Crippen LogP contribution in [-0.2, 0) is 0 Å². The molecule has 0 radical (unpaired) electrons. The minimum Gasteiger partial charge on any atom is -0.363 e. The van der Waals surface area contributed by atoms with Gasteiger partial charge in [0.15, 0.2) is 0 Å². The lowest BCUT2D eigenvalue weighted by Gasteiger charge is -2.57. The van der Waals surface area contributed by atoms with Crippen molar-refractivity contribution in [1.29, 1.82) is 0 Å². The van der Waals surface area contributed by atoms with Gasteiger partial charge in [-0.25, -0.2) is 9.97 Å². The smallest absolute Gasteiger partial charge is 0.353 e. The maximum absolute atomic E-state index is 11.9. The topological polar surface area (TPSA) is 96.2 Å². The van der Waals surface area contributed by atoms with Crippen molar-refractivity contribution in [2.24, 2.45) is 17.8 Å². The molecule has 8 heteroatoms. The number of hydrogen-bond acceptors (Lipinski definition) is 7. The van der Waals surface area contributed by atoms with Gasteiger partial charge in [0.25, 0.3) is 0 Å².